The summed E-state index contributed by atoms with van der Waals surface area (Å²) in [6.07, 6.45) is 3.31. The number of aliphatic imine (C=N–C) groups is 1. The fraction of sp³-hybridized carbons (Fsp3) is 0.588. The molecule has 1 aromatic rings. The molecule has 1 aliphatic heterocycles. The van der Waals surface area contributed by atoms with Crippen molar-refractivity contribution < 1.29 is 4.39 Å². The molecule has 0 spiro atoms. The van der Waals surface area contributed by atoms with Gasteiger partial charge >= 0.3 is 0 Å². The van der Waals surface area contributed by atoms with E-state index in [9.17, 15) is 4.39 Å². The van der Waals surface area contributed by atoms with E-state index in [0.717, 1.165) is 43.5 Å². The first-order valence-electron chi connectivity index (χ1n) is 7.96. The number of hydrogen-bond donors (Lipinski definition) is 1. The maximum atomic E-state index is 13.2. The van der Waals surface area contributed by atoms with E-state index in [0.29, 0.717) is 6.54 Å². The van der Waals surface area contributed by atoms with Gasteiger partial charge in [0.05, 0.1) is 0 Å². The molecule has 1 atom stereocenters. The summed E-state index contributed by atoms with van der Waals surface area (Å²) in [6.45, 7) is 8.11. The van der Waals surface area contributed by atoms with Crippen LogP contribution < -0.4 is 5.32 Å². The standard InChI is InChI=1S/C17H26FN3/c1-3-19-17(21-11-5-6-14(2)13-21)20-10-9-15-7-4-8-16(18)12-15/h4,7-8,12,14H,3,5-6,9-11,13H2,1-2H3,(H,19,20). The first-order valence-corrected chi connectivity index (χ1v) is 7.96. The van der Waals surface area contributed by atoms with E-state index in [1.807, 2.05) is 6.07 Å². The van der Waals surface area contributed by atoms with E-state index in [2.05, 4.69) is 24.1 Å². The second-order valence-electron chi connectivity index (χ2n) is 5.81. The summed E-state index contributed by atoms with van der Waals surface area (Å²) in [6, 6.07) is 6.78. The van der Waals surface area contributed by atoms with Crippen LogP contribution in [-0.2, 0) is 6.42 Å². The van der Waals surface area contributed by atoms with E-state index in [4.69, 9.17) is 4.99 Å². The lowest BCUT2D eigenvalue weighted by Crippen LogP contribution is -2.46. The lowest BCUT2D eigenvalue weighted by molar-refractivity contribution is 0.266. The van der Waals surface area contributed by atoms with Crippen LogP contribution in [0, 0.1) is 11.7 Å². The normalized spacial score (nSPS) is 19.7. The van der Waals surface area contributed by atoms with Gasteiger partial charge in [-0.1, -0.05) is 19.1 Å². The van der Waals surface area contributed by atoms with Crippen molar-refractivity contribution in [2.24, 2.45) is 10.9 Å². The fourth-order valence-corrected chi connectivity index (χ4v) is 2.79. The molecule has 2 rings (SSSR count). The molecule has 1 unspecified atom stereocenters. The van der Waals surface area contributed by atoms with Crippen molar-refractivity contribution in [3.8, 4) is 0 Å². The van der Waals surface area contributed by atoms with Gasteiger partial charge in [0, 0.05) is 26.2 Å². The molecule has 1 N–H and O–H groups in total. The van der Waals surface area contributed by atoms with Crippen molar-refractivity contribution in [3.63, 3.8) is 0 Å². The van der Waals surface area contributed by atoms with Gasteiger partial charge < -0.3 is 10.2 Å². The number of piperidine rings is 1. The highest BCUT2D eigenvalue weighted by atomic mass is 19.1. The minimum Gasteiger partial charge on any atom is -0.357 e. The molecule has 0 saturated carbocycles. The van der Waals surface area contributed by atoms with Crippen molar-refractivity contribution in [2.45, 2.75) is 33.1 Å². The highest BCUT2D eigenvalue weighted by molar-refractivity contribution is 5.80. The van der Waals surface area contributed by atoms with Crippen LogP contribution in [0.25, 0.3) is 0 Å². The van der Waals surface area contributed by atoms with Crippen LogP contribution in [-0.4, -0.2) is 37.0 Å². The van der Waals surface area contributed by atoms with Gasteiger partial charge in [-0.2, -0.15) is 0 Å². The minimum absolute atomic E-state index is 0.173. The molecule has 1 aromatic carbocycles. The maximum Gasteiger partial charge on any atom is 0.193 e. The molecule has 0 bridgehead atoms. The van der Waals surface area contributed by atoms with Gasteiger partial charge in [0.25, 0.3) is 0 Å². The Labute approximate surface area is 127 Å². The molecule has 4 heteroatoms. The van der Waals surface area contributed by atoms with Crippen molar-refractivity contribution >= 4 is 5.96 Å². The second-order valence-corrected chi connectivity index (χ2v) is 5.81. The number of benzene rings is 1. The zero-order chi connectivity index (χ0) is 15.1. The van der Waals surface area contributed by atoms with Gasteiger partial charge in [-0.3, -0.25) is 4.99 Å². The summed E-state index contributed by atoms with van der Waals surface area (Å²) < 4.78 is 13.2. The molecule has 0 aliphatic carbocycles. The van der Waals surface area contributed by atoms with Gasteiger partial charge in [0.2, 0.25) is 0 Å². The molecule has 1 fully saturated rings. The fourth-order valence-electron chi connectivity index (χ4n) is 2.79. The molecule has 116 valence electrons. The molecule has 1 saturated heterocycles. The maximum absolute atomic E-state index is 13.2. The van der Waals surface area contributed by atoms with E-state index < -0.39 is 0 Å². The van der Waals surface area contributed by atoms with Crippen LogP contribution in [0.1, 0.15) is 32.3 Å². The topological polar surface area (TPSA) is 27.6 Å². The quantitative estimate of drug-likeness (QED) is 0.682. The SMILES string of the molecule is CCNC(=NCCc1cccc(F)c1)N1CCCC(C)C1. The summed E-state index contributed by atoms with van der Waals surface area (Å²) in [5.74, 6) is 1.56. The Kier molecular flexibility index (Phi) is 6.03. The highest BCUT2D eigenvalue weighted by Gasteiger charge is 2.18. The molecular weight excluding hydrogens is 265 g/mol. The summed E-state index contributed by atoms with van der Waals surface area (Å²) in [4.78, 5) is 7.06. The monoisotopic (exact) mass is 291 g/mol. The third kappa shape index (κ3) is 5.03. The van der Waals surface area contributed by atoms with Gasteiger partial charge in [0.1, 0.15) is 5.82 Å². The molecule has 21 heavy (non-hydrogen) atoms. The Balaban J connectivity index is 1.94. The third-order valence-electron chi connectivity index (χ3n) is 3.84. The second kappa shape index (κ2) is 8.01. The van der Waals surface area contributed by atoms with Crippen molar-refractivity contribution in [1.29, 1.82) is 0 Å². The summed E-state index contributed by atoms with van der Waals surface area (Å²) in [5, 5.41) is 3.37. The molecular formula is C17H26FN3. The van der Waals surface area contributed by atoms with Gasteiger partial charge in [-0.25, -0.2) is 4.39 Å². The van der Waals surface area contributed by atoms with Crippen LogP contribution in [0.5, 0.6) is 0 Å². The van der Waals surface area contributed by atoms with Crippen molar-refractivity contribution in [2.75, 3.05) is 26.2 Å². The molecule has 0 radical (unpaired) electrons. The average Bonchev–Trinajstić information content (AvgIpc) is 2.46. The van der Waals surface area contributed by atoms with E-state index in [1.54, 1.807) is 12.1 Å². The summed E-state index contributed by atoms with van der Waals surface area (Å²) in [7, 11) is 0. The zero-order valence-corrected chi connectivity index (χ0v) is 13.1. The number of halogens is 1. The predicted molar refractivity (Wildman–Crippen MR) is 86.1 cm³/mol. The first kappa shape index (κ1) is 15.8. The Bertz CT molecular complexity index is 473. The van der Waals surface area contributed by atoms with Gasteiger partial charge in [-0.05, 0) is 49.8 Å². The highest BCUT2D eigenvalue weighted by Crippen LogP contribution is 2.15. The lowest BCUT2D eigenvalue weighted by Gasteiger charge is -2.33. The largest absolute Gasteiger partial charge is 0.357 e. The van der Waals surface area contributed by atoms with E-state index in [-0.39, 0.29) is 5.82 Å². The van der Waals surface area contributed by atoms with Crippen molar-refractivity contribution in [1.82, 2.24) is 10.2 Å². The van der Waals surface area contributed by atoms with E-state index >= 15 is 0 Å². The predicted octanol–water partition coefficient (Wildman–Crippen LogP) is 3.07. The first-order chi connectivity index (χ1) is 10.2. The van der Waals surface area contributed by atoms with Crippen LogP contribution in [0.3, 0.4) is 0 Å². The molecule has 0 amide bonds. The van der Waals surface area contributed by atoms with Gasteiger partial charge in [0.15, 0.2) is 5.96 Å². The smallest absolute Gasteiger partial charge is 0.193 e. The molecule has 0 aromatic heterocycles. The number of nitrogens with one attached hydrogen (secondary N) is 1. The number of rotatable bonds is 4. The van der Waals surface area contributed by atoms with Crippen LogP contribution >= 0.6 is 0 Å². The third-order valence-corrected chi connectivity index (χ3v) is 3.84. The number of likely N-dealkylation sites (tertiary alicyclic amines) is 1. The number of hydrogen-bond acceptors (Lipinski definition) is 1. The Hall–Kier alpha value is -1.58. The van der Waals surface area contributed by atoms with Crippen LogP contribution in [0.4, 0.5) is 4.39 Å². The Morgan fingerprint density at radius 1 is 1.48 bits per heavy atom. The Morgan fingerprint density at radius 2 is 2.33 bits per heavy atom. The van der Waals surface area contributed by atoms with Crippen LogP contribution in [0.15, 0.2) is 29.3 Å². The number of guanidine groups is 1. The van der Waals surface area contributed by atoms with E-state index in [1.165, 1.54) is 18.9 Å². The summed E-state index contributed by atoms with van der Waals surface area (Å²) >= 11 is 0. The molecule has 1 aliphatic rings. The lowest BCUT2D eigenvalue weighted by atomic mass is 10.0. The van der Waals surface area contributed by atoms with Gasteiger partial charge in [-0.15, -0.1) is 0 Å². The molecule has 3 nitrogen and oxygen atoms in total. The number of nitrogens with zero attached hydrogens (tertiary/aromatic N) is 2. The molecule has 1 heterocycles. The van der Waals surface area contributed by atoms with Crippen molar-refractivity contribution in [3.05, 3.63) is 35.6 Å². The zero-order valence-electron chi connectivity index (χ0n) is 13.1. The minimum atomic E-state index is -0.173. The van der Waals surface area contributed by atoms with Crippen LogP contribution in [0.2, 0.25) is 0 Å². The summed E-state index contributed by atoms with van der Waals surface area (Å²) in [5.41, 5.74) is 1.00. The Morgan fingerprint density at radius 3 is 3.05 bits per heavy atom. The average molecular weight is 291 g/mol.